The molecule has 1 aliphatic rings. The van der Waals surface area contributed by atoms with Crippen LogP contribution in [0.15, 0.2) is 16.7 Å². The molecule has 114 valence electrons. The highest BCUT2D eigenvalue weighted by Gasteiger charge is 2.27. The van der Waals surface area contributed by atoms with Crippen LogP contribution in [-0.4, -0.2) is 23.5 Å². The maximum atomic E-state index is 5.72. The minimum absolute atomic E-state index is 0.141. The molecule has 1 aliphatic heterocycles. The van der Waals surface area contributed by atoms with Gasteiger partial charge in [0.05, 0.1) is 12.8 Å². The zero-order valence-corrected chi connectivity index (χ0v) is 13.8. The molecule has 0 bridgehead atoms. The van der Waals surface area contributed by atoms with E-state index in [1.54, 1.807) is 0 Å². The van der Waals surface area contributed by atoms with Crippen LogP contribution in [0.1, 0.15) is 58.8 Å². The molecule has 0 amide bonds. The first-order chi connectivity index (χ1) is 9.25. The summed E-state index contributed by atoms with van der Waals surface area (Å²) in [5.74, 6) is 1.12. The van der Waals surface area contributed by atoms with Gasteiger partial charge in [-0.15, -0.1) is 0 Å². The third-order valence-electron chi connectivity index (χ3n) is 3.99. The maximum Gasteiger partial charge on any atom is 0.122 e. The average Bonchev–Trinajstić information content (AvgIpc) is 2.71. The normalized spacial score (nSPS) is 20.2. The van der Waals surface area contributed by atoms with Crippen molar-refractivity contribution in [3.8, 4) is 0 Å². The molecule has 0 atom stereocenters. The van der Waals surface area contributed by atoms with Gasteiger partial charge in [-0.25, -0.2) is 0 Å². The Morgan fingerprint density at radius 3 is 2.75 bits per heavy atom. The summed E-state index contributed by atoms with van der Waals surface area (Å²) >= 11 is 0. The van der Waals surface area contributed by atoms with Gasteiger partial charge in [-0.2, -0.15) is 0 Å². The molecule has 3 nitrogen and oxygen atoms in total. The summed E-state index contributed by atoms with van der Waals surface area (Å²) in [4.78, 5) is 2.53. The first-order valence-corrected chi connectivity index (χ1v) is 7.78. The van der Waals surface area contributed by atoms with E-state index < -0.39 is 0 Å². The Bertz CT molecular complexity index is 428. The van der Waals surface area contributed by atoms with Gasteiger partial charge in [0.1, 0.15) is 5.76 Å². The number of likely N-dealkylation sites (tertiary alicyclic amines) is 1. The van der Waals surface area contributed by atoms with Crippen LogP contribution in [0.5, 0.6) is 0 Å². The Morgan fingerprint density at radius 1 is 1.35 bits per heavy atom. The van der Waals surface area contributed by atoms with E-state index >= 15 is 0 Å². The molecular formula is C17H30N2O. The predicted octanol–water partition coefficient (Wildman–Crippen LogP) is 3.79. The van der Waals surface area contributed by atoms with Crippen molar-refractivity contribution in [1.82, 2.24) is 10.2 Å². The number of rotatable bonds is 4. The lowest BCUT2D eigenvalue weighted by molar-refractivity contribution is 0.104. The third-order valence-corrected chi connectivity index (χ3v) is 3.99. The minimum Gasteiger partial charge on any atom is -0.468 e. The zero-order valence-electron chi connectivity index (χ0n) is 13.8. The topological polar surface area (TPSA) is 28.4 Å². The Balaban J connectivity index is 1.95. The first-order valence-electron chi connectivity index (χ1n) is 7.78. The summed E-state index contributed by atoms with van der Waals surface area (Å²) in [6.07, 6.45) is 4.45. The summed E-state index contributed by atoms with van der Waals surface area (Å²) in [6.45, 7) is 15.5. The first kappa shape index (κ1) is 15.6. The van der Waals surface area contributed by atoms with E-state index in [2.05, 4.69) is 50.9 Å². The van der Waals surface area contributed by atoms with Crippen LogP contribution in [-0.2, 0) is 13.1 Å². The molecule has 1 aromatic heterocycles. The largest absolute Gasteiger partial charge is 0.468 e. The Morgan fingerprint density at radius 2 is 2.10 bits per heavy atom. The van der Waals surface area contributed by atoms with Crippen molar-refractivity contribution in [3.63, 3.8) is 0 Å². The Kier molecular flexibility index (Phi) is 4.60. The second-order valence-corrected chi connectivity index (χ2v) is 7.95. The molecule has 0 saturated carbocycles. The highest BCUT2D eigenvalue weighted by Crippen LogP contribution is 2.29. The standard InChI is InChI=1S/C17H30N2O/c1-16(2,3)18-11-14-7-10-20-15(14)12-19-9-6-8-17(4,5)13-19/h7,10,18H,6,8-9,11-13H2,1-5H3. The Labute approximate surface area is 123 Å². The third kappa shape index (κ3) is 4.64. The molecule has 1 saturated heterocycles. The molecule has 20 heavy (non-hydrogen) atoms. The van der Waals surface area contributed by atoms with Gasteiger partial charge in [-0.05, 0) is 51.6 Å². The van der Waals surface area contributed by atoms with Gasteiger partial charge in [0.25, 0.3) is 0 Å². The van der Waals surface area contributed by atoms with Crippen molar-refractivity contribution in [2.75, 3.05) is 13.1 Å². The number of nitrogens with zero attached hydrogens (tertiary/aromatic N) is 1. The van der Waals surface area contributed by atoms with Gasteiger partial charge < -0.3 is 9.73 Å². The molecule has 0 aliphatic carbocycles. The van der Waals surface area contributed by atoms with Crippen LogP contribution in [0.25, 0.3) is 0 Å². The average molecular weight is 278 g/mol. The van der Waals surface area contributed by atoms with Crippen molar-refractivity contribution < 1.29 is 4.42 Å². The second kappa shape index (κ2) is 5.90. The van der Waals surface area contributed by atoms with E-state index in [1.807, 2.05) is 6.26 Å². The lowest BCUT2D eigenvalue weighted by Crippen LogP contribution is -2.39. The number of furan rings is 1. The van der Waals surface area contributed by atoms with Crippen molar-refractivity contribution >= 4 is 0 Å². The van der Waals surface area contributed by atoms with Gasteiger partial charge in [0.2, 0.25) is 0 Å². The molecular weight excluding hydrogens is 248 g/mol. The molecule has 1 fully saturated rings. The van der Waals surface area contributed by atoms with Crippen molar-refractivity contribution in [2.45, 2.75) is 66.1 Å². The molecule has 0 spiro atoms. The molecule has 3 heteroatoms. The van der Waals surface area contributed by atoms with E-state index in [-0.39, 0.29) is 5.54 Å². The van der Waals surface area contributed by atoms with Gasteiger partial charge >= 0.3 is 0 Å². The van der Waals surface area contributed by atoms with E-state index in [1.165, 1.54) is 31.5 Å². The van der Waals surface area contributed by atoms with Gasteiger partial charge in [0.15, 0.2) is 0 Å². The SMILES string of the molecule is CC1(C)CCCN(Cc2occc2CNC(C)(C)C)C1. The zero-order chi connectivity index (χ0) is 14.8. The fraction of sp³-hybridized carbons (Fsp3) is 0.765. The molecule has 1 aromatic rings. The van der Waals surface area contributed by atoms with Crippen LogP contribution < -0.4 is 5.32 Å². The van der Waals surface area contributed by atoms with Crippen LogP contribution >= 0.6 is 0 Å². The van der Waals surface area contributed by atoms with Gasteiger partial charge in [-0.1, -0.05) is 13.8 Å². The van der Waals surface area contributed by atoms with E-state index in [0.29, 0.717) is 5.41 Å². The van der Waals surface area contributed by atoms with E-state index in [0.717, 1.165) is 18.8 Å². The lowest BCUT2D eigenvalue weighted by Gasteiger charge is -2.37. The minimum atomic E-state index is 0.141. The molecule has 2 heterocycles. The smallest absolute Gasteiger partial charge is 0.122 e. The molecule has 2 rings (SSSR count). The van der Waals surface area contributed by atoms with E-state index in [4.69, 9.17) is 4.42 Å². The van der Waals surface area contributed by atoms with Crippen LogP contribution in [0, 0.1) is 5.41 Å². The summed E-state index contributed by atoms with van der Waals surface area (Å²) in [6, 6.07) is 2.10. The fourth-order valence-corrected chi connectivity index (χ4v) is 2.91. The lowest BCUT2D eigenvalue weighted by atomic mass is 9.84. The molecule has 0 aromatic carbocycles. The molecule has 1 N–H and O–H groups in total. The van der Waals surface area contributed by atoms with Crippen molar-refractivity contribution in [2.24, 2.45) is 5.41 Å². The van der Waals surface area contributed by atoms with Crippen molar-refractivity contribution in [3.05, 3.63) is 23.7 Å². The summed E-state index contributed by atoms with van der Waals surface area (Å²) in [7, 11) is 0. The van der Waals surface area contributed by atoms with Crippen LogP contribution in [0.4, 0.5) is 0 Å². The van der Waals surface area contributed by atoms with Crippen LogP contribution in [0.2, 0.25) is 0 Å². The Hall–Kier alpha value is -0.800. The van der Waals surface area contributed by atoms with Gasteiger partial charge in [0, 0.05) is 24.2 Å². The second-order valence-electron chi connectivity index (χ2n) is 7.95. The predicted molar refractivity (Wildman–Crippen MR) is 83.6 cm³/mol. The van der Waals surface area contributed by atoms with Crippen molar-refractivity contribution in [1.29, 1.82) is 0 Å². The highest BCUT2D eigenvalue weighted by molar-refractivity contribution is 5.17. The number of nitrogens with one attached hydrogen (secondary N) is 1. The maximum absolute atomic E-state index is 5.72. The summed E-state index contributed by atoms with van der Waals surface area (Å²) < 4.78 is 5.72. The number of hydrogen-bond donors (Lipinski definition) is 1. The monoisotopic (exact) mass is 278 g/mol. The molecule has 0 radical (unpaired) electrons. The number of hydrogen-bond acceptors (Lipinski definition) is 3. The summed E-state index contributed by atoms with van der Waals surface area (Å²) in [5.41, 5.74) is 1.87. The van der Waals surface area contributed by atoms with Gasteiger partial charge in [-0.3, -0.25) is 4.90 Å². The fourth-order valence-electron chi connectivity index (χ4n) is 2.91. The van der Waals surface area contributed by atoms with Crippen LogP contribution in [0.3, 0.4) is 0 Å². The molecule has 0 unspecified atom stereocenters. The van der Waals surface area contributed by atoms with E-state index in [9.17, 15) is 0 Å². The quantitative estimate of drug-likeness (QED) is 0.908. The number of piperidine rings is 1. The summed E-state index contributed by atoms with van der Waals surface area (Å²) in [5, 5.41) is 3.54. The highest BCUT2D eigenvalue weighted by atomic mass is 16.3.